The van der Waals surface area contributed by atoms with Crippen LogP contribution in [-0.4, -0.2) is 9.13 Å². The molecular formula is C48H33N3. The van der Waals surface area contributed by atoms with Crippen molar-refractivity contribution in [3.8, 4) is 22.5 Å². The van der Waals surface area contributed by atoms with Gasteiger partial charge in [-0.1, -0.05) is 121 Å². The van der Waals surface area contributed by atoms with E-state index in [2.05, 4.69) is 214 Å². The highest BCUT2D eigenvalue weighted by molar-refractivity contribution is 6.11. The summed E-state index contributed by atoms with van der Waals surface area (Å²) >= 11 is 0. The molecule has 2 aromatic heterocycles. The first-order valence-electron chi connectivity index (χ1n) is 17.4. The third kappa shape index (κ3) is 4.82. The molecule has 8 aromatic carbocycles. The Bertz CT molecular complexity index is 2790. The first-order chi connectivity index (χ1) is 25.3. The summed E-state index contributed by atoms with van der Waals surface area (Å²) in [5.74, 6) is 0. The average molecular weight is 652 g/mol. The van der Waals surface area contributed by atoms with Crippen molar-refractivity contribution in [2.24, 2.45) is 0 Å². The second-order valence-electron chi connectivity index (χ2n) is 13.0. The summed E-state index contributed by atoms with van der Waals surface area (Å²) in [5.41, 5.74) is 12.8. The van der Waals surface area contributed by atoms with Crippen molar-refractivity contribution in [3.05, 3.63) is 200 Å². The Balaban J connectivity index is 1.09. The topological polar surface area (TPSA) is 13.1 Å². The third-order valence-electron chi connectivity index (χ3n) is 10.1. The monoisotopic (exact) mass is 651 g/mol. The van der Waals surface area contributed by atoms with Crippen LogP contribution in [-0.2, 0) is 0 Å². The van der Waals surface area contributed by atoms with Gasteiger partial charge in [0.2, 0.25) is 0 Å². The number of hydrogen-bond donors (Lipinski definition) is 0. The van der Waals surface area contributed by atoms with Crippen molar-refractivity contribution in [2.45, 2.75) is 0 Å². The fraction of sp³-hybridized carbons (Fsp3) is 0. The van der Waals surface area contributed by atoms with Crippen LogP contribution in [0.1, 0.15) is 0 Å². The van der Waals surface area contributed by atoms with Gasteiger partial charge in [-0.25, -0.2) is 0 Å². The summed E-state index contributed by atoms with van der Waals surface area (Å²) in [7, 11) is 0. The van der Waals surface area contributed by atoms with Gasteiger partial charge < -0.3 is 14.0 Å². The van der Waals surface area contributed by atoms with E-state index in [1.807, 2.05) is 0 Å². The molecule has 0 fully saturated rings. The summed E-state index contributed by atoms with van der Waals surface area (Å²) in [5, 5.41) is 5.03. The molecule has 10 aromatic rings. The molecule has 51 heavy (non-hydrogen) atoms. The Labute approximate surface area is 296 Å². The molecule has 10 rings (SSSR count). The maximum atomic E-state index is 2.38. The zero-order valence-electron chi connectivity index (χ0n) is 27.9. The third-order valence-corrected chi connectivity index (χ3v) is 10.1. The zero-order chi connectivity index (χ0) is 33.7. The van der Waals surface area contributed by atoms with Gasteiger partial charge in [0.1, 0.15) is 0 Å². The predicted molar refractivity (Wildman–Crippen MR) is 215 cm³/mol. The van der Waals surface area contributed by atoms with E-state index in [4.69, 9.17) is 0 Å². The standard InChI is InChI=1S/C48H33N3/c1-3-15-36(16-4-1)49(40-30-31-44-43-22-9-12-25-47(43)51(48(44)33-40)37-17-5-2-6-18-37)39-19-13-14-35(32-39)34-26-28-38(29-27-34)50-45-23-10-7-20-41(45)42-21-8-11-24-46(42)50/h1-33H. The van der Waals surface area contributed by atoms with Gasteiger partial charge in [-0.15, -0.1) is 0 Å². The summed E-state index contributed by atoms with van der Waals surface area (Å²) in [6.07, 6.45) is 0. The van der Waals surface area contributed by atoms with E-state index in [1.165, 1.54) is 54.7 Å². The highest BCUT2D eigenvalue weighted by atomic mass is 15.1. The van der Waals surface area contributed by atoms with Crippen molar-refractivity contribution < 1.29 is 0 Å². The van der Waals surface area contributed by atoms with E-state index in [0.29, 0.717) is 0 Å². The van der Waals surface area contributed by atoms with E-state index >= 15 is 0 Å². The van der Waals surface area contributed by atoms with Gasteiger partial charge in [-0.3, -0.25) is 0 Å². The Morgan fingerprint density at radius 1 is 0.275 bits per heavy atom. The molecule has 0 bridgehead atoms. The highest BCUT2D eigenvalue weighted by Crippen LogP contribution is 2.41. The lowest BCUT2D eigenvalue weighted by molar-refractivity contribution is 1.18. The molecular weight excluding hydrogens is 619 g/mol. The van der Waals surface area contributed by atoms with Crippen LogP contribution < -0.4 is 4.90 Å². The largest absolute Gasteiger partial charge is 0.310 e. The van der Waals surface area contributed by atoms with E-state index < -0.39 is 0 Å². The van der Waals surface area contributed by atoms with Crippen molar-refractivity contribution in [2.75, 3.05) is 4.90 Å². The van der Waals surface area contributed by atoms with Gasteiger partial charge in [0.25, 0.3) is 0 Å². The fourth-order valence-electron chi connectivity index (χ4n) is 7.81. The number of nitrogens with zero attached hydrogens (tertiary/aromatic N) is 3. The molecule has 0 N–H and O–H groups in total. The van der Waals surface area contributed by atoms with Crippen LogP contribution in [0.25, 0.3) is 66.1 Å². The molecule has 0 aliphatic carbocycles. The van der Waals surface area contributed by atoms with E-state index in [1.54, 1.807) is 0 Å². The van der Waals surface area contributed by atoms with Crippen LogP contribution in [0.15, 0.2) is 200 Å². The molecule has 0 unspecified atom stereocenters. The van der Waals surface area contributed by atoms with Gasteiger partial charge in [0.15, 0.2) is 0 Å². The second-order valence-corrected chi connectivity index (χ2v) is 13.0. The molecule has 0 aliphatic heterocycles. The first-order valence-corrected chi connectivity index (χ1v) is 17.4. The molecule has 0 aliphatic rings. The zero-order valence-corrected chi connectivity index (χ0v) is 27.9. The minimum absolute atomic E-state index is 1.10. The molecule has 3 heteroatoms. The highest BCUT2D eigenvalue weighted by Gasteiger charge is 2.18. The van der Waals surface area contributed by atoms with Crippen LogP contribution in [0.3, 0.4) is 0 Å². The average Bonchev–Trinajstić information content (AvgIpc) is 3.72. The van der Waals surface area contributed by atoms with Crippen molar-refractivity contribution in [1.82, 2.24) is 9.13 Å². The molecule has 0 atom stereocenters. The molecule has 2 heterocycles. The number of rotatable bonds is 6. The summed E-state index contributed by atoms with van der Waals surface area (Å²) in [4.78, 5) is 2.36. The second kappa shape index (κ2) is 11.9. The number of anilines is 3. The molecule has 0 radical (unpaired) electrons. The number of hydrogen-bond acceptors (Lipinski definition) is 1. The van der Waals surface area contributed by atoms with Gasteiger partial charge in [0.05, 0.1) is 22.1 Å². The minimum Gasteiger partial charge on any atom is -0.310 e. The Morgan fingerprint density at radius 3 is 1.37 bits per heavy atom. The predicted octanol–water partition coefficient (Wildman–Crippen LogP) is 13.0. The lowest BCUT2D eigenvalue weighted by Crippen LogP contribution is -2.10. The smallest absolute Gasteiger partial charge is 0.0561 e. The lowest BCUT2D eigenvalue weighted by Gasteiger charge is -2.26. The quantitative estimate of drug-likeness (QED) is 0.174. The van der Waals surface area contributed by atoms with Gasteiger partial charge in [-0.05, 0) is 90.0 Å². The molecule has 0 spiro atoms. The molecule has 3 nitrogen and oxygen atoms in total. The normalized spacial score (nSPS) is 11.5. The maximum Gasteiger partial charge on any atom is 0.0561 e. The Hall–Kier alpha value is -6.84. The molecule has 240 valence electrons. The summed E-state index contributed by atoms with van der Waals surface area (Å²) < 4.78 is 4.75. The van der Waals surface area contributed by atoms with Gasteiger partial charge in [-0.2, -0.15) is 0 Å². The number of aromatic nitrogens is 2. The van der Waals surface area contributed by atoms with Crippen LogP contribution in [0.5, 0.6) is 0 Å². The Kier molecular flexibility index (Phi) is 6.81. The maximum absolute atomic E-state index is 2.38. The summed E-state index contributed by atoms with van der Waals surface area (Å²) in [6.45, 7) is 0. The molecule has 0 saturated heterocycles. The van der Waals surface area contributed by atoms with E-state index in [9.17, 15) is 0 Å². The van der Waals surface area contributed by atoms with Crippen LogP contribution >= 0.6 is 0 Å². The van der Waals surface area contributed by atoms with Crippen LogP contribution in [0.4, 0.5) is 17.1 Å². The SMILES string of the molecule is c1ccc(N(c2cccc(-c3ccc(-n4c5ccccc5c5ccccc54)cc3)c2)c2ccc3c4ccccc4n(-c4ccccc4)c3c2)cc1. The number of benzene rings is 8. The van der Waals surface area contributed by atoms with Crippen molar-refractivity contribution >= 4 is 60.7 Å². The molecule has 0 saturated carbocycles. The Morgan fingerprint density at radius 2 is 0.745 bits per heavy atom. The first kappa shape index (κ1) is 29.1. The molecule has 0 amide bonds. The summed E-state index contributed by atoms with van der Waals surface area (Å²) in [6, 6.07) is 72.1. The van der Waals surface area contributed by atoms with Crippen molar-refractivity contribution in [3.63, 3.8) is 0 Å². The van der Waals surface area contributed by atoms with Crippen LogP contribution in [0.2, 0.25) is 0 Å². The van der Waals surface area contributed by atoms with E-state index in [-0.39, 0.29) is 0 Å². The van der Waals surface area contributed by atoms with Crippen molar-refractivity contribution in [1.29, 1.82) is 0 Å². The fourth-order valence-corrected chi connectivity index (χ4v) is 7.81. The minimum atomic E-state index is 1.10. The number of para-hydroxylation sites is 5. The van der Waals surface area contributed by atoms with Gasteiger partial charge >= 0.3 is 0 Å². The number of fused-ring (bicyclic) bond motifs is 6. The van der Waals surface area contributed by atoms with E-state index in [0.717, 1.165) is 28.4 Å². The lowest BCUT2D eigenvalue weighted by atomic mass is 10.0. The van der Waals surface area contributed by atoms with Crippen LogP contribution in [0, 0.1) is 0 Å². The van der Waals surface area contributed by atoms with Gasteiger partial charge in [0, 0.05) is 50.0 Å².